The molecule has 122 valence electrons. The van der Waals surface area contributed by atoms with E-state index >= 15 is 0 Å². The molecule has 0 amide bonds. The van der Waals surface area contributed by atoms with Crippen molar-refractivity contribution in [3.05, 3.63) is 76.4 Å². The van der Waals surface area contributed by atoms with E-state index < -0.39 is 0 Å². The molecule has 0 saturated heterocycles. The lowest BCUT2D eigenvalue weighted by Crippen LogP contribution is -1.97. The number of aromatic nitrogens is 2. The predicted molar refractivity (Wildman–Crippen MR) is 93.8 cm³/mol. The molecule has 0 atom stereocenters. The van der Waals surface area contributed by atoms with Crippen molar-refractivity contribution in [2.45, 2.75) is 6.61 Å². The number of furan rings is 1. The molecule has 0 aliphatic heterocycles. The first-order valence-corrected chi connectivity index (χ1v) is 8.08. The largest absolute Gasteiger partial charge is 0.486 e. The van der Waals surface area contributed by atoms with Gasteiger partial charge in [0.25, 0.3) is 0 Å². The minimum absolute atomic E-state index is 0.167. The number of aryl methyl sites for hydroxylation is 1. The van der Waals surface area contributed by atoms with Crippen molar-refractivity contribution in [2.24, 2.45) is 7.05 Å². The van der Waals surface area contributed by atoms with Gasteiger partial charge in [-0.3, -0.25) is 9.48 Å². The van der Waals surface area contributed by atoms with E-state index in [9.17, 15) is 4.79 Å². The van der Waals surface area contributed by atoms with Crippen LogP contribution in [-0.2, 0) is 13.7 Å². The number of allylic oxidation sites excluding steroid dienone is 1. The molecule has 0 aliphatic rings. The zero-order valence-corrected chi connectivity index (χ0v) is 14.6. The third-order valence-corrected chi connectivity index (χ3v) is 3.77. The Hall–Kier alpha value is -2.60. The maximum Gasteiger partial charge on any atom is 0.206 e. The lowest BCUT2D eigenvalue weighted by molar-refractivity contribution is 0.104. The van der Waals surface area contributed by atoms with E-state index in [4.69, 9.17) is 9.15 Å². The Labute approximate surface area is 147 Å². The standard InChI is InChI=1S/C18H15BrN2O3/c1-21-11-10-17(20-21)18(22)9-8-15-6-7-16(24-15)12-23-14-4-2-13(19)3-5-14/h2-11H,12H2,1H3/b9-8+. The van der Waals surface area contributed by atoms with Gasteiger partial charge < -0.3 is 9.15 Å². The number of hydrogen-bond acceptors (Lipinski definition) is 4. The lowest BCUT2D eigenvalue weighted by Gasteiger charge is -2.03. The zero-order chi connectivity index (χ0) is 16.9. The van der Waals surface area contributed by atoms with Gasteiger partial charge in [-0.15, -0.1) is 0 Å². The van der Waals surface area contributed by atoms with Crippen molar-refractivity contribution in [3.8, 4) is 5.75 Å². The van der Waals surface area contributed by atoms with Crippen LogP contribution in [0.5, 0.6) is 5.75 Å². The Morgan fingerprint density at radius 1 is 1.25 bits per heavy atom. The summed E-state index contributed by atoms with van der Waals surface area (Å²) < 4.78 is 13.8. The molecule has 1 aromatic carbocycles. The van der Waals surface area contributed by atoms with Crippen molar-refractivity contribution in [1.82, 2.24) is 9.78 Å². The monoisotopic (exact) mass is 386 g/mol. The lowest BCUT2D eigenvalue weighted by atomic mass is 10.2. The Bertz CT molecular complexity index is 863. The van der Waals surface area contributed by atoms with Crippen LogP contribution in [0, 0.1) is 0 Å². The highest BCUT2D eigenvalue weighted by atomic mass is 79.9. The van der Waals surface area contributed by atoms with Gasteiger partial charge >= 0.3 is 0 Å². The third kappa shape index (κ3) is 4.23. The van der Waals surface area contributed by atoms with Crippen molar-refractivity contribution in [3.63, 3.8) is 0 Å². The minimum Gasteiger partial charge on any atom is -0.486 e. The smallest absolute Gasteiger partial charge is 0.206 e. The fourth-order valence-corrected chi connectivity index (χ4v) is 2.30. The van der Waals surface area contributed by atoms with Crippen LogP contribution in [0.3, 0.4) is 0 Å². The second-order valence-electron chi connectivity index (χ2n) is 5.12. The molecule has 0 unspecified atom stereocenters. The topological polar surface area (TPSA) is 57.3 Å². The van der Waals surface area contributed by atoms with E-state index in [1.807, 2.05) is 30.3 Å². The van der Waals surface area contributed by atoms with Gasteiger partial charge in [0, 0.05) is 17.7 Å². The highest BCUT2D eigenvalue weighted by molar-refractivity contribution is 9.10. The number of hydrogen-bond donors (Lipinski definition) is 0. The second-order valence-corrected chi connectivity index (χ2v) is 6.03. The first-order valence-electron chi connectivity index (χ1n) is 7.29. The fourth-order valence-electron chi connectivity index (χ4n) is 2.04. The van der Waals surface area contributed by atoms with Crippen LogP contribution in [0.25, 0.3) is 6.08 Å². The van der Waals surface area contributed by atoms with Gasteiger partial charge in [0.05, 0.1) is 0 Å². The summed E-state index contributed by atoms with van der Waals surface area (Å²) in [7, 11) is 1.77. The molecule has 0 N–H and O–H groups in total. The van der Waals surface area contributed by atoms with Crippen LogP contribution < -0.4 is 4.74 Å². The van der Waals surface area contributed by atoms with Gasteiger partial charge in [0.1, 0.15) is 29.6 Å². The first kappa shape index (κ1) is 16.3. The molecule has 3 rings (SSSR count). The number of carbonyl (C=O) groups excluding carboxylic acids is 1. The quantitative estimate of drug-likeness (QED) is 0.469. The fraction of sp³-hybridized carbons (Fsp3) is 0.111. The molecule has 24 heavy (non-hydrogen) atoms. The Morgan fingerprint density at radius 3 is 2.75 bits per heavy atom. The summed E-state index contributed by atoms with van der Waals surface area (Å²) in [6.45, 7) is 0.323. The third-order valence-electron chi connectivity index (χ3n) is 3.24. The maximum atomic E-state index is 11.9. The molecule has 0 bridgehead atoms. The summed E-state index contributed by atoms with van der Waals surface area (Å²) in [5.41, 5.74) is 0.402. The zero-order valence-electron chi connectivity index (χ0n) is 13.0. The Morgan fingerprint density at radius 2 is 2.04 bits per heavy atom. The molecule has 2 aromatic heterocycles. The van der Waals surface area contributed by atoms with Gasteiger partial charge in [-0.1, -0.05) is 15.9 Å². The molecular weight excluding hydrogens is 372 g/mol. The SMILES string of the molecule is Cn1ccc(C(=O)/C=C/c2ccc(COc3ccc(Br)cc3)o2)n1. The molecule has 6 heteroatoms. The van der Waals surface area contributed by atoms with E-state index in [1.165, 1.54) is 6.08 Å². The molecular formula is C18H15BrN2O3. The van der Waals surface area contributed by atoms with Gasteiger partial charge in [0.15, 0.2) is 0 Å². The minimum atomic E-state index is -0.167. The molecule has 0 radical (unpaired) electrons. The van der Waals surface area contributed by atoms with Crippen LogP contribution >= 0.6 is 15.9 Å². The summed E-state index contributed by atoms with van der Waals surface area (Å²) in [6.07, 6.45) is 4.80. The van der Waals surface area contributed by atoms with Crippen molar-refractivity contribution >= 4 is 27.8 Å². The normalized spacial score (nSPS) is 11.1. The van der Waals surface area contributed by atoms with E-state index in [1.54, 1.807) is 36.1 Å². The van der Waals surface area contributed by atoms with Crippen LogP contribution in [0.1, 0.15) is 22.0 Å². The Balaban J connectivity index is 1.58. The van der Waals surface area contributed by atoms with E-state index in [0.29, 0.717) is 23.8 Å². The van der Waals surface area contributed by atoms with Crippen LogP contribution in [0.15, 0.2) is 63.6 Å². The number of ether oxygens (including phenoxy) is 1. The Kier molecular flexibility index (Phi) is 4.96. The van der Waals surface area contributed by atoms with Crippen molar-refractivity contribution in [2.75, 3.05) is 0 Å². The van der Waals surface area contributed by atoms with Crippen LogP contribution in [0.2, 0.25) is 0 Å². The van der Waals surface area contributed by atoms with Gasteiger partial charge in [-0.2, -0.15) is 5.10 Å². The summed E-state index contributed by atoms with van der Waals surface area (Å²) in [5.74, 6) is 1.87. The number of rotatable bonds is 6. The number of nitrogens with zero attached hydrogens (tertiary/aromatic N) is 2. The summed E-state index contributed by atoms with van der Waals surface area (Å²) in [6, 6.07) is 12.9. The average Bonchev–Trinajstić information content (AvgIpc) is 3.21. The second kappa shape index (κ2) is 7.31. The van der Waals surface area contributed by atoms with E-state index in [-0.39, 0.29) is 5.78 Å². The first-order chi connectivity index (χ1) is 11.6. The molecule has 0 spiro atoms. The molecule has 3 aromatic rings. The van der Waals surface area contributed by atoms with Crippen LogP contribution in [-0.4, -0.2) is 15.6 Å². The molecule has 2 heterocycles. The summed E-state index contributed by atoms with van der Waals surface area (Å²) in [5, 5.41) is 4.06. The number of benzene rings is 1. The van der Waals surface area contributed by atoms with Crippen molar-refractivity contribution < 1.29 is 13.9 Å². The van der Waals surface area contributed by atoms with E-state index in [0.717, 1.165) is 10.2 Å². The number of ketones is 1. The highest BCUT2D eigenvalue weighted by Crippen LogP contribution is 2.18. The molecule has 0 saturated carbocycles. The van der Waals surface area contributed by atoms with Crippen LogP contribution in [0.4, 0.5) is 0 Å². The van der Waals surface area contributed by atoms with Crippen molar-refractivity contribution in [1.29, 1.82) is 0 Å². The summed E-state index contributed by atoms with van der Waals surface area (Å²) in [4.78, 5) is 11.9. The average molecular weight is 387 g/mol. The predicted octanol–water partition coefficient (Wildman–Crippen LogP) is 4.25. The molecule has 5 nitrogen and oxygen atoms in total. The maximum absolute atomic E-state index is 11.9. The summed E-state index contributed by atoms with van der Waals surface area (Å²) >= 11 is 3.38. The molecule has 0 fully saturated rings. The number of halogens is 1. The highest BCUT2D eigenvalue weighted by Gasteiger charge is 2.06. The van der Waals surface area contributed by atoms with Gasteiger partial charge in [-0.25, -0.2) is 0 Å². The molecule has 0 aliphatic carbocycles. The van der Waals surface area contributed by atoms with Gasteiger partial charge in [-0.05, 0) is 54.6 Å². The van der Waals surface area contributed by atoms with E-state index in [2.05, 4.69) is 21.0 Å². The number of carbonyl (C=O) groups is 1. The van der Waals surface area contributed by atoms with Gasteiger partial charge in [0.2, 0.25) is 5.78 Å².